The summed E-state index contributed by atoms with van der Waals surface area (Å²) in [4.78, 5) is 12.9. The normalized spacial score (nSPS) is 11.7. The van der Waals surface area contributed by atoms with Gasteiger partial charge in [0, 0.05) is 0 Å². The van der Waals surface area contributed by atoms with E-state index in [0.717, 1.165) is 9.35 Å². The molecule has 0 bridgehead atoms. The second-order valence-electron chi connectivity index (χ2n) is 5.97. The summed E-state index contributed by atoms with van der Waals surface area (Å²) in [6, 6.07) is 10.0. The smallest absolute Gasteiger partial charge is 0.322 e. The highest BCUT2D eigenvalue weighted by molar-refractivity contribution is 9.11. The van der Waals surface area contributed by atoms with Gasteiger partial charge in [-0.05, 0) is 59.6 Å². The van der Waals surface area contributed by atoms with E-state index in [1.165, 1.54) is 11.3 Å². The van der Waals surface area contributed by atoms with Crippen molar-refractivity contribution >= 4 is 49.0 Å². The van der Waals surface area contributed by atoms with Crippen LogP contribution in [0.1, 0.15) is 35.0 Å². The number of nitrogens with zero attached hydrogens (tertiary/aromatic N) is 2. The molecule has 2 heterocycles. The van der Waals surface area contributed by atoms with Crippen molar-refractivity contribution in [2.75, 3.05) is 5.32 Å². The fraction of sp³-hybridized carbons (Fsp3) is 0.235. The van der Waals surface area contributed by atoms with Gasteiger partial charge in [0.1, 0.15) is 0 Å². The Balaban J connectivity index is 1.66. The number of thiophene rings is 1. The number of sulfone groups is 1. The van der Waals surface area contributed by atoms with E-state index in [-0.39, 0.29) is 16.8 Å². The number of halogens is 1. The summed E-state index contributed by atoms with van der Waals surface area (Å²) in [6.45, 7) is 3.29. The van der Waals surface area contributed by atoms with E-state index in [0.29, 0.717) is 17.2 Å². The maximum absolute atomic E-state index is 12.1. The number of carbonyl (C=O) groups is 1. The zero-order valence-corrected chi connectivity index (χ0v) is 17.7. The minimum atomic E-state index is -3.30. The van der Waals surface area contributed by atoms with Crippen LogP contribution in [0.15, 0.2) is 49.5 Å². The molecule has 3 aromatic rings. The molecular formula is C17H16BrN3O4S2. The van der Waals surface area contributed by atoms with Crippen LogP contribution in [0, 0.1) is 0 Å². The molecule has 0 fully saturated rings. The molecule has 0 radical (unpaired) electrons. The summed E-state index contributed by atoms with van der Waals surface area (Å²) >= 11 is 4.60. The molecule has 3 rings (SSSR count). The van der Waals surface area contributed by atoms with Crippen LogP contribution in [0.3, 0.4) is 0 Å². The SMILES string of the molecule is CC(C)S(=O)(=O)c1ccc(Cc2nnc(NC(=O)c3ccc(Br)s3)o2)cc1. The van der Waals surface area contributed by atoms with E-state index in [1.54, 1.807) is 50.2 Å². The third-order valence-corrected chi connectivity index (χ3v) is 7.50. The average molecular weight is 470 g/mol. The largest absolute Gasteiger partial charge is 0.407 e. The van der Waals surface area contributed by atoms with Gasteiger partial charge in [-0.25, -0.2) is 8.42 Å². The third kappa shape index (κ3) is 4.63. The second-order valence-corrected chi connectivity index (χ2v) is 10.9. The zero-order valence-electron chi connectivity index (χ0n) is 14.5. The Morgan fingerprint density at radius 3 is 2.48 bits per heavy atom. The predicted molar refractivity (Wildman–Crippen MR) is 106 cm³/mol. The number of carbonyl (C=O) groups excluding carboxylic acids is 1. The van der Waals surface area contributed by atoms with Crippen molar-refractivity contribution in [3.05, 3.63) is 56.5 Å². The van der Waals surface area contributed by atoms with Crippen LogP contribution in [0.25, 0.3) is 0 Å². The quantitative estimate of drug-likeness (QED) is 0.586. The number of benzene rings is 1. The van der Waals surface area contributed by atoms with Crippen LogP contribution in [0.5, 0.6) is 0 Å². The van der Waals surface area contributed by atoms with E-state index in [2.05, 4.69) is 31.4 Å². The Morgan fingerprint density at radius 2 is 1.89 bits per heavy atom. The first-order valence-corrected chi connectivity index (χ1v) is 11.1. The van der Waals surface area contributed by atoms with Gasteiger partial charge in [-0.1, -0.05) is 17.2 Å². The molecule has 0 aliphatic rings. The lowest BCUT2D eigenvalue weighted by atomic mass is 10.1. The van der Waals surface area contributed by atoms with Gasteiger partial charge in [0.05, 0.1) is 25.2 Å². The van der Waals surface area contributed by atoms with Crippen molar-refractivity contribution < 1.29 is 17.6 Å². The molecule has 142 valence electrons. The Labute approximate surface area is 168 Å². The van der Waals surface area contributed by atoms with E-state index in [9.17, 15) is 13.2 Å². The average Bonchev–Trinajstić information content (AvgIpc) is 3.24. The monoisotopic (exact) mass is 469 g/mol. The molecule has 0 atom stereocenters. The summed E-state index contributed by atoms with van der Waals surface area (Å²) < 4.78 is 30.6. The first-order chi connectivity index (χ1) is 12.8. The van der Waals surface area contributed by atoms with Crippen LogP contribution in [0.4, 0.5) is 6.01 Å². The Bertz CT molecular complexity index is 1060. The molecule has 1 aromatic carbocycles. The molecule has 0 aliphatic carbocycles. The van der Waals surface area contributed by atoms with Gasteiger partial charge in [0.15, 0.2) is 9.84 Å². The molecule has 2 aromatic heterocycles. The molecule has 0 aliphatic heterocycles. The summed E-state index contributed by atoms with van der Waals surface area (Å²) in [5.74, 6) is -0.0127. The van der Waals surface area contributed by atoms with Gasteiger partial charge in [0.2, 0.25) is 5.89 Å². The van der Waals surface area contributed by atoms with E-state index in [4.69, 9.17) is 4.42 Å². The number of hydrogen-bond acceptors (Lipinski definition) is 7. The van der Waals surface area contributed by atoms with Crippen molar-refractivity contribution in [3.8, 4) is 0 Å². The van der Waals surface area contributed by atoms with Gasteiger partial charge < -0.3 is 4.42 Å². The molecule has 0 saturated heterocycles. The lowest BCUT2D eigenvalue weighted by Gasteiger charge is -2.08. The van der Waals surface area contributed by atoms with Crippen molar-refractivity contribution in [1.82, 2.24) is 10.2 Å². The molecule has 0 saturated carbocycles. The summed E-state index contributed by atoms with van der Waals surface area (Å²) in [6.07, 6.45) is 0.329. The minimum absolute atomic E-state index is 0.0125. The van der Waals surface area contributed by atoms with Crippen molar-refractivity contribution in [1.29, 1.82) is 0 Å². The summed E-state index contributed by atoms with van der Waals surface area (Å²) in [5.41, 5.74) is 0.821. The van der Waals surface area contributed by atoms with Crippen LogP contribution in [0.2, 0.25) is 0 Å². The Kier molecular flexibility index (Phi) is 5.78. The first-order valence-electron chi connectivity index (χ1n) is 7.97. The highest BCUT2D eigenvalue weighted by Crippen LogP contribution is 2.23. The van der Waals surface area contributed by atoms with Gasteiger partial charge in [-0.15, -0.1) is 16.4 Å². The lowest BCUT2D eigenvalue weighted by molar-refractivity contribution is 0.102. The third-order valence-electron chi connectivity index (χ3n) is 3.71. The fourth-order valence-electron chi connectivity index (χ4n) is 2.21. The molecular weight excluding hydrogens is 454 g/mol. The number of anilines is 1. The van der Waals surface area contributed by atoms with Gasteiger partial charge >= 0.3 is 6.01 Å². The van der Waals surface area contributed by atoms with E-state index >= 15 is 0 Å². The Morgan fingerprint density at radius 1 is 1.19 bits per heavy atom. The predicted octanol–water partition coefficient (Wildman–Crippen LogP) is 3.92. The number of hydrogen-bond donors (Lipinski definition) is 1. The number of nitrogens with one attached hydrogen (secondary N) is 1. The van der Waals surface area contributed by atoms with Crippen molar-refractivity contribution in [2.45, 2.75) is 30.4 Å². The summed E-state index contributed by atoms with van der Waals surface area (Å²) in [7, 11) is -3.30. The van der Waals surface area contributed by atoms with E-state index < -0.39 is 15.1 Å². The van der Waals surface area contributed by atoms with Gasteiger partial charge in [-0.2, -0.15) is 0 Å². The zero-order chi connectivity index (χ0) is 19.6. The van der Waals surface area contributed by atoms with Crippen LogP contribution in [-0.2, 0) is 16.3 Å². The van der Waals surface area contributed by atoms with Gasteiger partial charge in [0.25, 0.3) is 5.91 Å². The standard InChI is InChI=1S/C17H16BrN3O4S2/c1-10(2)27(23,24)12-5-3-11(4-6-12)9-15-20-21-17(25-15)19-16(22)13-7-8-14(18)26-13/h3-8,10H,9H2,1-2H3,(H,19,21,22). The van der Waals surface area contributed by atoms with Crippen LogP contribution >= 0.6 is 27.3 Å². The molecule has 7 nitrogen and oxygen atoms in total. The van der Waals surface area contributed by atoms with Crippen LogP contribution < -0.4 is 5.32 Å². The van der Waals surface area contributed by atoms with Crippen LogP contribution in [-0.4, -0.2) is 29.8 Å². The number of amides is 1. The molecule has 27 heavy (non-hydrogen) atoms. The second kappa shape index (κ2) is 7.91. The highest BCUT2D eigenvalue weighted by atomic mass is 79.9. The molecule has 0 spiro atoms. The first kappa shape index (κ1) is 19.7. The van der Waals surface area contributed by atoms with Crippen molar-refractivity contribution in [3.63, 3.8) is 0 Å². The molecule has 0 unspecified atom stereocenters. The molecule has 10 heteroatoms. The summed E-state index contributed by atoms with van der Waals surface area (Å²) in [5, 5.41) is 9.79. The molecule has 1 amide bonds. The highest BCUT2D eigenvalue weighted by Gasteiger charge is 2.19. The molecule has 1 N–H and O–H groups in total. The van der Waals surface area contributed by atoms with Crippen molar-refractivity contribution in [2.24, 2.45) is 0 Å². The Hall–Kier alpha value is -2.04. The number of aromatic nitrogens is 2. The lowest BCUT2D eigenvalue weighted by Crippen LogP contribution is -2.13. The van der Waals surface area contributed by atoms with Gasteiger partial charge in [-0.3, -0.25) is 10.1 Å². The van der Waals surface area contributed by atoms with E-state index in [1.807, 2.05) is 0 Å². The maximum Gasteiger partial charge on any atom is 0.322 e. The topological polar surface area (TPSA) is 102 Å². The minimum Gasteiger partial charge on any atom is -0.407 e. The fourth-order valence-corrected chi connectivity index (χ4v) is 4.56. The number of rotatable bonds is 6. The maximum atomic E-state index is 12.1.